The van der Waals surface area contributed by atoms with Gasteiger partial charge in [0.1, 0.15) is 6.42 Å². The number of unbranched alkanes of at least 4 members (excludes halogenated alkanes) is 1. The van der Waals surface area contributed by atoms with E-state index in [-0.39, 0.29) is 0 Å². The van der Waals surface area contributed by atoms with Gasteiger partial charge in [-0.1, -0.05) is 13.3 Å². The fourth-order valence-corrected chi connectivity index (χ4v) is 0.499. The van der Waals surface area contributed by atoms with Crippen LogP contribution in [-0.2, 0) is 19.4 Å². The molecule has 63 valence electrons. The molecule has 0 unspecified atom stereocenters. The van der Waals surface area contributed by atoms with E-state index in [1.807, 2.05) is 6.92 Å². The lowest BCUT2D eigenvalue weighted by atomic mass is 10.3. The van der Waals surface area contributed by atoms with Gasteiger partial charge in [0.05, 0.1) is 6.61 Å². The summed E-state index contributed by atoms with van der Waals surface area (Å²) < 4.78 is 4.53. The van der Waals surface area contributed by atoms with Crippen molar-refractivity contribution in [1.82, 2.24) is 0 Å². The molecule has 0 N–H and O–H groups in total. The third kappa shape index (κ3) is 6.83. The second-order valence-corrected chi connectivity index (χ2v) is 2.12. The second kappa shape index (κ2) is 5.70. The molecule has 4 heteroatoms. The normalized spacial score (nSPS) is 9.18. The van der Waals surface area contributed by atoms with E-state index in [2.05, 4.69) is 4.74 Å². The summed E-state index contributed by atoms with van der Waals surface area (Å²) in [4.78, 5) is 20.3. The molecule has 0 amide bonds. The molecule has 0 spiro atoms. The number of carbonyl (C=O) groups is 2. The summed E-state index contributed by atoms with van der Waals surface area (Å²) in [6, 6.07) is 0. The predicted octanol–water partition coefficient (Wildman–Crippen LogP) is 0.677. The molecule has 0 atom stereocenters. The fraction of sp³-hybridized carbons (Fsp3) is 0.714. The Kier molecular flexibility index (Phi) is 5.15. The van der Waals surface area contributed by atoms with Gasteiger partial charge in [-0.15, -0.1) is 0 Å². The predicted molar refractivity (Wildman–Crippen MR) is 36.2 cm³/mol. The van der Waals surface area contributed by atoms with Gasteiger partial charge >= 0.3 is 11.9 Å². The molecule has 0 aliphatic rings. The lowest BCUT2D eigenvalue weighted by Crippen LogP contribution is -2.10. The molecule has 0 saturated carbocycles. The first-order valence-corrected chi connectivity index (χ1v) is 3.52. The van der Waals surface area contributed by atoms with Gasteiger partial charge < -0.3 is 4.74 Å². The molecule has 0 bridgehead atoms. The lowest BCUT2D eigenvalue weighted by molar-refractivity contribution is -0.154. The van der Waals surface area contributed by atoms with Crippen LogP contribution in [0.4, 0.5) is 0 Å². The zero-order chi connectivity index (χ0) is 8.69. The molecule has 0 aromatic heterocycles. The van der Waals surface area contributed by atoms with E-state index in [1.165, 1.54) is 0 Å². The summed E-state index contributed by atoms with van der Waals surface area (Å²) in [7, 11) is 0. The molecular formula is C7H11O4. The van der Waals surface area contributed by atoms with Crippen molar-refractivity contribution in [2.24, 2.45) is 0 Å². The number of rotatable bonds is 5. The minimum absolute atomic E-state index is 0.294. The van der Waals surface area contributed by atoms with Gasteiger partial charge in [-0.05, 0) is 6.42 Å². The molecule has 0 heterocycles. The van der Waals surface area contributed by atoms with Crippen LogP contribution in [0.25, 0.3) is 0 Å². The first-order valence-electron chi connectivity index (χ1n) is 3.52. The average molecular weight is 159 g/mol. The molecule has 11 heavy (non-hydrogen) atoms. The highest BCUT2D eigenvalue weighted by Gasteiger charge is 2.09. The SMILES string of the molecule is CCCCOC(=O)CC([O])=O. The number of esters is 1. The summed E-state index contributed by atoms with van der Waals surface area (Å²) in [5.41, 5.74) is 0. The number of ether oxygens (including phenoxy) is 1. The van der Waals surface area contributed by atoms with Crippen molar-refractivity contribution in [3.05, 3.63) is 0 Å². The van der Waals surface area contributed by atoms with E-state index in [4.69, 9.17) is 0 Å². The molecule has 0 rings (SSSR count). The second-order valence-electron chi connectivity index (χ2n) is 2.12. The Morgan fingerprint density at radius 3 is 2.45 bits per heavy atom. The number of hydrogen-bond donors (Lipinski definition) is 0. The summed E-state index contributed by atoms with van der Waals surface area (Å²) in [6.07, 6.45) is 1.03. The van der Waals surface area contributed by atoms with Crippen LogP contribution >= 0.6 is 0 Å². The molecule has 1 radical (unpaired) electrons. The van der Waals surface area contributed by atoms with E-state index < -0.39 is 18.4 Å². The first kappa shape index (κ1) is 9.94. The molecule has 0 aliphatic carbocycles. The maximum absolute atomic E-state index is 10.5. The van der Waals surface area contributed by atoms with Crippen LogP contribution in [0.15, 0.2) is 0 Å². The number of carbonyl (C=O) groups excluding carboxylic acids is 2. The van der Waals surface area contributed by atoms with E-state index in [0.717, 1.165) is 12.8 Å². The van der Waals surface area contributed by atoms with Crippen LogP contribution in [0.2, 0.25) is 0 Å². The molecule has 0 aromatic rings. The van der Waals surface area contributed by atoms with Crippen molar-refractivity contribution in [2.75, 3.05) is 6.61 Å². The largest absolute Gasteiger partial charge is 0.465 e. The Balaban J connectivity index is 3.30. The minimum atomic E-state index is -1.40. The van der Waals surface area contributed by atoms with Gasteiger partial charge in [-0.25, -0.2) is 9.90 Å². The van der Waals surface area contributed by atoms with Crippen molar-refractivity contribution in [2.45, 2.75) is 26.2 Å². The van der Waals surface area contributed by atoms with Gasteiger partial charge in [0, 0.05) is 0 Å². The van der Waals surface area contributed by atoms with Crippen LogP contribution in [0, 0.1) is 0 Å². The highest BCUT2D eigenvalue weighted by Crippen LogP contribution is 1.91. The third-order valence-corrected chi connectivity index (χ3v) is 1.05. The van der Waals surface area contributed by atoms with Crippen LogP contribution in [0.1, 0.15) is 26.2 Å². The molecule has 0 aromatic carbocycles. The van der Waals surface area contributed by atoms with E-state index >= 15 is 0 Å². The molecule has 4 nitrogen and oxygen atoms in total. The van der Waals surface area contributed by atoms with Crippen molar-refractivity contribution in [3.63, 3.8) is 0 Å². The lowest BCUT2D eigenvalue weighted by Gasteiger charge is -1.99. The zero-order valence-corrected chi connectivity index (χ0v) is 6.46. The first-order chi connectivity index (χ1) is 5.16. The van der Waals surface area contributed by atoms with Crippen molar-refractivity contribution < 1.29 is 19.4 Å². The maximum atomic E-state index is 10.5. The highest BCUT2D eigenvalue weighted by molar-refractivity contribution is 5.89. The molecule has 0 fully saturated rings. The standard InChI is InChI=1S/C7H11O4/c1-2-3-4-11-7(10)5-6(8)9/h2-5H2,1H3. The zero-order valence-electron chi connectivity index (χ0n) is 6.46. The van der Waals surface area contributed by atoms with E-state index in [0.29, 0.717) is 6.61 Å². The van der Waals surface area contributed by atoms with Gasteiger partial charge in [-0.2, -0.15) is 0 Å². The molecular weight excluding hydrogens is 148 g/mol. The van der Waals surface area contributed by atoms with Gasteiger partial charge in [0.25, 0.3) is 0 Å². The topological polar surface area (TPSA) is 63.3 Å². The Bertz CT molecular complexity index is 141. The monoisotopic (exact) mass is 159 g/mol. The number of hydrogen-bond acceptors (Lipinski definition) is 3. The van der Waals surface area contributed by atoms with Crippen LogP contribution in [0.3, 0.4) is 0 Å². The fourth-order valence-electron chi connectivity index (χ4n) is 0.499. The van der Waals surface area contributed by atoms with Gasteiger partial charge in [0.15, 0.2) is 0 Å². The van der Waals surface area contributed by atoms with Crippen LogP contribution < -0.4 is 0 Å². The van der Waals surface area contributed by atoms with Crippen LogP contribution in [-0.4, -0.2) is 18.5 Å². The van der Waals surface area contributed by atoms with Crippen molar-refractivity contribution in [1.29, 1.82) is 0 Å². The summed E-state index contributed by atoms with van der Waals surface area (Å²) in [5.74, 6) is -2.12. The third-order valence-electron chi connectivity index (χ3n) is 1.05. The molecule has 0 saturated heterocycles. The van der Waals surface area contributed by atoms with Crippen LogP contribution in [0.5, 0.6) is 0 Å². The van der Waals surface area contributed by atoms with E-state index in [9.17, 15) is 14.7 Å². The summed E-state index contributed by atoms with van der Waals surface area (Å²) in [6.45, 7) is 2.25. The van der Waals surface area contributed by atoms with Gasteiger partial charge in [0.2, 0.25) is 0 Å². The highest BCUT2D eigenvalue weighted by atomic mass is 16.5. The summed E-state index contributed by atoms with van der Waals surface area (Å²) in [5, 5.41) is 9.83. The Morgan fingerprint density at radius 1 is 1.36 bits per heavy atom. The average Bonchev–Trinajstić information content (AvgIpc) is 1.86. The Morgan fingerprint density at radius 2 is 2.00 bits per heavy atom. The Hall–Kier alpha value is -1.06. The smallest absolute Gasteiger partial charge is 0.366 e. The van der Waals surface area contributed by atoms with Crippen molar-refractivity contribution >= 4 is 11.9 Å². The maximum Gasteiger partial charge on any atom is 0.366 e. The van der Waals surface area contributed by atoms with E-state index in [1.54, 1.807) is 0 Å². The quantitative estimate of drug-likeness (QED) is 0.336. The van der Waals surface area contributed by atoms with Gasteiger partial charge in [-0.3, -0.25) is 4.79 Å². The Labute approximate surface area is 65.2 Å². The minimum Gasteiger partial charge on any atom is -0.465 e. The molecule has 0 aliphatic heterocycles. The van der Waals surface area contributed by atoms with Crippen molar-refractivity contribution in [3.8, 4) is 0 Å². The summed E-state index contributed by atoms with van der Waals surface area (Å²) >= 11 is 0.